The third kappa shape index (κ3) is 2.67. The van der Waals surface area contributed by atoms with Crippen LogP contribution in [-0.4, -0.2) is 23.7 Å². The summed E-state index contributed by atoms with van der Waals surface area (Å²) in [6.45, 7) is 1.70. The van der Waals surface area contributed by atoms with Gasteiger partial charge in [0, 0.05) is 35.2 Å². The Kier molecular flexibility index (Phi) is 3.54. The molecule has 1 fully saturated rings. The fourth-order valence-corrected chi connectivity index (χ4v) is 2.55. The molecule has 1 aromatic rings. The van der Waals surface area contributed by atoms with E-state index in [4.69, 9.17) is 4.74 Å². The van der Waals surface area contributed by atoms with Crippen LogP contribution in [0.1, 0.15) is 24.3 Å². The van der Waals surface area contributed by atoms with E-state index >= 15 is 0 Å². The molecule has 15 heavy (non-hydrogen) atoms. The molecular formula is C12H16O2S. The maximum atomic E-state index is 11.4. The van der Waals surface area contributed by atoms with E-state index in [0.29, 0.717) is 5.92 Å². The summed E-state index contributed by atoms with van der Waals surface area (Å²) < 4.78 is 16.7. The Hall–Kier alpha value is -0.670. The van der Waals surface area contributed by atoms with Crippen molar-refractivity contribution in [2.75, 3.05) is 19.5 Å². The van der Waals surface area contributed by atoms with E-state index in [9.17, 15) is 4.21 Å². The van der Waals surface area contributed by atoms with Gasteiger partial charge in [-0.1, -0.05) is 12.1 Å². The zero-order valence-corrected chi connectivity index (χ0v) is 9.76. The first-order valence-electron chi connectivity index (χ1n) is 5.28. The van der Waals surface area contributed by atoms with Gasteiger partial charge in [-0.2, -0.15) is 0 Å². The van der Waals surface area contributed by atoms with Crippen LogP contribution in [0.25, 0.3) is 0 Å². The Labute approximate surface area is 93.1 Å². The number of hydrogen-bond acceptors (Lipinski definition) is 2. The molecule has 1 aromatic carbocycles. The standard InChI is InChI=1S/C12H16O2S/c1-15(13)12-4-2-3-11(9-12)10-5-7-14-8-6-10/h2-4,9-10H,5-8H2,1H3. The molecule has 1 aliphatic rings. The average molecular weight is 224 g/mol. The lowest BCUT2D eigenvalue weighted by atomic mass is 9.92. The minimum absolute atomic E-state index is 0.585. The predicted molar refractivity (Wildman–Crippen MR) is 61.6 cm³/mol. The van der Waals surface area contributed by atoms with E-state index in [1.165, 1.54) is 5.56 Å². The second-order valence-electron chi connectivity index (χ2n) is 3.91. The first kappa shape index (κ1) is 10.8. The Morgan fingerprint density at radius 1 is 1.33 bits per heavy atom. The molecule has 0 bridgehead atoms. The van der Waals surface area contributed by atoms with Gasteiger partial charge in [-0.25, -0.2) is 0 Å². The third-order valence-electron chi connectivity index (χ3n) is 2.88. The van der Waals surface area contributed by atoms with Gasteiger partial charge in [0.2, 0.25) is 0 Å². The molecular weight excluding hydrogens is 208 g/mol. The molecule has 2 rings (SSSR count). The number of rotatable bonds is 2. The van der Waals surface area contributed by atoms with Gasteiger partial charge in [-0.15, -0.1) is 0 Å². The highest BCUT2D eigenvalue weighted by Crippen LogP contribution is 2.27. The summed E-state index contributed by atoms with van der Waals surface area (Å²) in [6, 6.07) is 8.14. The van der Waals surface area contributed by atoms with Crippen LogP contribution in [0.2, 0.25) is 0 Å². The van der Waals surface area contributed by atoms with E-state index in [1.807, 2.05) is 12.1 Å². The molecule has 1 heterocycles. The van der Waals surface area contributed by atoms with Crippen LogP contribution in [-0.2, 0) is 15.5 Å². The monoisotopic (exact) mass is 224 g/mol. The van der Waals surface area contributed by atoms with E-state index in [-0.39, 0.29) is 0 Å². The number of hydrogen-bond donors (Lipinski definition) is 0. The summed E-state index contributed by atoms with van der Waals surface area (Å²) >= 11 is 0. The lowest BCUT2D eigenvalue weighted by Gasteiger charge is -2.22. The molecule has 0 spiro atoms. The summed E-state index contributed by atoms with van der Waals surface area (Å²) in [5.74, 6) is 0.585. The predicted octanol–water partition coefficient (Wildman–Crippen LogP) is 2.32. The molecule has 3 heteroatoms. The highest BCUT2D eigenvalue weighted by atomic mass is 32.2. The average Bonchev–Trinajstić information content (AvgIpc) is 2.30. The third-order valence-corrected chi connectivity index (χ3v) is 3.80. The van der Waals surface area contributed by atoms with E-state index in [1.54, 1.807) is 6.26 Å². The van der Waals surface area contributed by atoms with Crippen molar-refractivity contribution >= 4 is 10.8 Å². The topological polar surface area (TPSA) is 26.3 Å². The molecule has 0 saturated carbocycles. The lowest BCUT2D eigenvalue weighted by Crippen LogP contribution is -2.14. The number of ether oxygens (including phenoxy) is 1. The molecule has 2 nitrogen and oxygen atoms in total. The SMILES string of the molecule is CS(=O)c1cccc(C2CCOCC2)c1. The van der Waals surface area contributed by atoms with Crippen LogP contribution in [0.4, 0.5) is 0 Å². The Morgan fingerprint density at radius 3 is 2.73 bits per heavy atom. The molecule has 1 atom stereocenters. The molecule has 1 unspecified atom stereocenters. The van der Waals surface area contributed by atoms with Crippen molar-refractivity contribution in [3.8, 4) is 0 Å². The Morgan fingerprint density at radius 2 is 2.07 bits per heavy atom. The normalized spacial score (nSPS) is 20.1. The fraction of sp³-hybridized carbons (Fsp3) is 0.500. The van der Waals surface area contributed by atoms with Gasteiger partial charge in [0.25, 0.3) is 0 Å². The maximum Gasteiger partial charge on any atom is 0.0498 e. The van der Waals surface area contributed by atoms with E-state index < -0.39 is 10.8 Å². The summed E-state index contributed by atoms with van der Waals surface area (Å²) in [4.78, 5) is 0.930. The molecule has 1 aliphatic heterocycles. The molecule has 0 N–H and O–H groups in total. The van der Waals surface area contributed by atoms with Crippen LogP contribution >= 0.6 is 0 Å². The second-order valence-corrected chi connectivity index (χ2v) is 5.29. The van der Waals surface area contributed by atoms with Gasteiger partial charge in [-0.3, -0.25) is 4.21 Å². The zero-order valence-electron chi connectivity index (χ0n) is 8.94. The zero-order chi connectivity index (χ0) is 10.7. The largest absolute Gasteiger partial charge is 0.381 e. The summed E-state index contributed by atoms with van der Waals surface area (Å²) in [6.07, 6.45) is 3.89. The first-order valence-corrected chi connectivity index (χ1v) is 6.84. The van der Waals surface area contributed by atoms with Crippen LogP contribution in [0.5, 0.6) is 0 Å². The van der Waals surface area contributed by atoms with Crippen molar-refractivity contribution < 1.29 is 8.95 Å². The fourth-order valence-electron chi connectivity index (χ4n) is 1.98. The van der Waals surface area contributed by atoms with E-state index in [2.05, 4.69) is 12.1 Å². The van der Waals surface area contributed by atoms with Gasteiger partial charge < -0.3 is 4.74 Å². The van der Waals surface area contributed by atoms with Crippen molar-refractivity contribution in [1.29, 1.82) is 0 Å². The van der Waals surface area contributed by atoms with E-state index in [0.717, 1.165) is 31.0 Å². The molecule has 0 amide bonds. The van der Waals surface area contributed by atoms with Crippen molar-refractivity contribution in [2.24, 2.45) is 0 Å². The van der Waals surface area contributed by atoms with Gasteiger partial charge >= 0.3 is 0 Å². The summed E-state index contributed by atoms with van der Waals surface area (Å²) in [7, 11) is -0.875. The first-order chi connectivity index (χ1) is 7.27. The van der Waals surface area contributed by atoms with Crippen molar-refractivity contribution in [3.05, 3.63) is 29.8 Å². The maximum absolute atomic E-state index is 11.4. The highest BCUT2D eigenvalue weighted by molar-refractivity contribution is 7.84. The smallest absolute Gasteiger partial charge is 0.0498 e. The van der Waals surface area contributed by atoms with Crippen LogP contribution in [0, 0.1) is 0 Å². The Bertz CT molecular complexity index is 356. The van der Waals surface area contributed by atoms with Crippen LogP contribution < -0.4 is 0 Å². The van der Waals surface area contributed by atoms with Crippen molar-refractivity contribution in [2.45, 2.75) is 23.7 Å². The highest BCUT2D eigenvalue weighted by Gasteiger charge is 2.16. The minimum Gasteiger partial charge on any atom is -0.381 e. The van der Waals surface area contributed by atoms with Crippen molar-refractivity contribution in [3.63, 3.8) is 0 Å². The molecule has 82 valence electrons. The molecule has 0 aliphatic carbocycles. The number of benzene rings is 1. The van der Waals surface area contributed by atoms with Gasteiger partial charge in [0.05, 0.1) is 0 Å². The van der Waals surface area contributed by atoms with Gasteiger partial charge in [0.1, 0.15) is 0 Å². The quantitative estimate of drug-likeness (QED) is 0.770. The summed E-state index contributed by atoms with van der Waals surface area (Å²) in [5.41, 5.74) is 1.31. The van der Waals surface area contributed by atoms with Crippen LogP contribution in [0.15, 0.2) is 29.2 Å². The molecule has 0 radical (unpaired) electrons. The molecule has 1 saturated heterocycles. The second kappa shape index (κ2) is 4.90. The van der Waals surface area contributed by atoms with Gasteiger partial charge in [-0.05, 0) is 36.5 Å². The minimum atomic E-state index is -0.875. The molecule has 0 aromatic heterocycles. The lowest BCUT2D eigenvalue weighted by molar-refractivity contribution is 0.0853. The van der Waals surface area contributed by atoms with Crippen molar-refractivity contribution in [1.82, 2.24) is 0 Å². The van der Waals surface area contributed by atoms with Gasteiger partial charge in [0.15, 0.2) is 0 Å². The van der Waals surface area contributed by atoms with Crippen LogP contribution in [0.3, 0.4) is 0 Å². The summed E-state index contributed by atoms with van der Waals surface area (Å²) in [5, 5.41) is 0. The Balaban J connectivity index is 2.19.